The lowest BCUT2D eigenvalue weighted by Crippen LogP contribution is -2.09. The van der Waals surface area contributed by atoms with E-state index in [1.165, 1.54) is 0 Å². The topological polar surface area (TPSA) is 55.6 Å². The maximum absolute atomic E-state index is 4.53. The molecule has 0 aliphatic heterocycles. The van der Waals surface area contributed by atoms with Crippen LogP contribution in [0.1, 0.15) is 23.9 Å². The van der Waals surface area contributed by atoms with Crippen molar-refractivity contribution in [2.45, 2.75) is 27.2 Å². The highest BCUT2D eigenvalue weighted by atomic mass is 15.3. The Morgan fingerprint density at radius 3 is 2.59 bits per heavy atom. The minimum Gasteiger partial charge on any atom is -0.373 e. The molecule has 0 bridgehead atoms. The predicted octanol–water partition coefficient (Wildman–Crippen LogP) is 1.88. The van der Waals surface area contributed by atoms with E-state index in [0.717, 1.165) is 35.0 Å². The van der Waals surface area contributed by atoms with E-state index in [4.69, 9.17) is 0 Å². The molecule has 2 aromatic heterocycles. The van der Waals surface area contributed by atoms with E-state index in [1.807, 2.05) is 40.2 Å². The fraction of sp³-hybridized carbons (Fsp3) is 0.417. The van der Waals surface area contributed by atoms with Gasteiger partial charge in [-0.15, -0.1) is 0 Å². The molecule has 0 aliphatic carbocycles. The van der Waals surface area contributed by atoms with Crippen molar-refractivity contribution in [3.8, 4) is 5.82 Å². The molecule has 2 rings (SSSR count). The lowest BCUT2D eigenvalue weighted by molar-refractivity contribution is 0.804. The van der Waals surface area contributed by atoms with E-state index < -0.39 is 0 Å². The summed E-state index contributed by atoms with van der Waals surface area (Å²) in [6.45, 7) is 6.06. The van der Waals surface area contributed by atoms with E-state index in [9.17, 15) is 0 Å². The minimum atomic E-state index is 0.808. The van der Waals surface area contributed by atoms with Crippen LogP contribution in [0.15, 0.2) is 12.4 Å². The van der Waals surface area contributed by atoms with Crippen molar-refractivity contribution in [3.63, 3.8) is 0 Å². The molecule has 0 aliphatic rings. The number of aromatic nitrogens is 4. The highest BCUT2D eigenvalue weighted by molar-refractivity contribution is 5.51. The Hall–Kier alpha value is -1.91. The van der Waals surface area contributed by atoms with Crippen molar-refractivity contribution < 1.29 is 0 Å². The van der Waals surface area contributed by atoms with Crippen molar-refractivity contribution in [2.75, 3.05) is 12.4 Å². The van der Waals surface area contributed by atoms with Crippen LogP contribution in [0.2, 0.25) is 0 Å². The number of nitrogens with zero attached hydrogens (tertiary/aromatic N) is 4. The number of rotatable bonds is 3. The summed E-state index contributed by atoms with van der Waals surface area (Å²) in [6.07, 6.45) is 4.60. The second-order valence-corrected chi connectivity index (χ2v) is 4.00. The van der Waals surface area contributed by atoms with Gasteiger partial charge < -0.3 is 5.32 Å². The summed E-state index contributed by atoms with van der Waals surface area (Å²) in [7, 11) is 1.87. The van der Waals surface area contributed by atoms with Crippen LogP contribution >= 0.6 is 0 Å². The molecule has 17 heavy (non-hydrogen) atoms. The SMILES string of the molecule is CCc1nc(NC)c(C)c(-n2cc(C)cn2)n1. The van der Waals surface area contributed by atoms with Crippen LogP contribution in [0.25, 0.3) is 5.82 Å². The molecule has 0 fully saturated rings. The van der Waals surface area contributed by atoms with Gasteiger partial charge in [0.05, 0.1) is 6.20 Å². The summed E-state index contributed by atoms with van der Waals surface area (Å²) in [4.78, 5) is 8.97. The third kappa shape index (κ3) is 2.13. The zero-order valence-electron chi connectivity index (χ0n) is 10.7. The fourth-order valence-corrected chi connectivity index (χ4v) is 1.70. The Labute approximate surface area is 101 Å². The molecule has 90 valence electrons. The van der Waals surface area contributed by atoms with Crippen LogP contribution in [0.3, 0.4) is 0 Å². The monoisotopic (exact) mass is 231 g/mol. The maximum atomic E-state index is 4.53. The molecule has 0 saturated heterocycles. The first-order valence-corrected chi connectivity index (χ1v) is 5.72. The van der Waals surface area contributed by atoms with Gasteiger partial charge in [-0.05, 0) is 19.4 Å². The Kier molecular flexibility index (Phi) is 3.08. The van der Waals surface area contributed by atoms with Crippen LogP contribution < -0.4 is 5.32 Å². The third-order valence-electron chi connectivity index (χ3n) is 2.65. The average molecular weight is 231 g/mol. The molecule has 0 unspecified atom stereocenters. The molecule has 2 aromatic rings. The Bertz CT molecular complexity index is 530. The van der Waals surface area contributed by atoms with Gasteiger partial charge in [0, 0.05) is 25.2 Å². The first-order valence-electron chi connectivity index (χ1n) is 5.72. The highest BCUT2D eigenvalue weighted by Gasteiger charge is 2.11. The summed E-state index contributed by atoms with van der Waals surface area (Å²) in [6, 6.07) is 0. The number of anilines is 1. The van der Waals surface area contributed by atoms with Gasteiger partial charge in [0.1, 0.15) is 11.6 Å². The molecule has 5 heteroatoms. The van der Waals surface area contributed by atoms with Crippen LogP contribution in [0.4, 0.5) is 5.82 Å². The first-order chi connectivity index (χ1) is 8.15. The largest absolute Gasteiger partial charge is 0.373 e. The summed E-state index contributed by atoms with van der Waals surface area (Å²) >= 11 is 0. The van der Waals surface area contributed by atoms with E-state index in [-0.39, 0.29) is 0 Å². The summed E-state index contributed by atoms with van der Waals surface area (Å²) < 4.78 is 1.80. The van der Waals surface area contributed by atoms with Crippen molar-refractivity contribution in [1.82, 2.24) is 19.7 Å². The standard InChI is InChI=1S/C12H17N5/c1-5-10-15-11(13-4)9(3)12(16-10)17-7-8(2)6-14-17/h6-7H,5H2,1-4H3,(H,13,15,16). The highest BCUT2D eigenvalue weighted by Crippen LogP contribution is 2.18. The smallest absolute Gasteiger partial charge is 0.162 e. The second-order valence-electron chi connectivity index (χ2n) is 4.00. The molecule has 0 atom stereocenters. The molecular formula is C12H17N5. The van der Waals surface area contributed by atoms with Crippen molar-refractivity contribution in [3.05, 3.63) is 29.3 Å². The van der Waals surface area contributed by atoms with E-state index in [1.54, 1.807) is 4.68 Å². The summed E-state index contributed by atoms with van der Waals surface area (Å²) in [5, 5.41) is 7.39. The first kappa shape index (κ1) is 11.6. The van der Waals surface area contributed by atoms with Gasteiger partial charge in [-0.2, -0.15) is 5.10 Å². The van der Waals surface area contributed by atoms with E-state index >= 15 is 0 Å². The number of aryl methyl sites for hydroxylation is 2. The van der Waals surface area contributed by atoms with Crippen LogP contribution in [0.5, 0.6) is 0 Å². The van der Waals surface area contributed by atoms with Gasteiger partial charge in [0.15, 0.2) is 5.82 Å². The van der Waals surface area contributed by atoms with Gasteiger partial charge in [0.2, 0.25) is 0 Å². The van der Waals surface area contributed by atoms with Crippen molar-refractivity contribution >= 4 is 5.82 Å². The van der Waals surface area contributed by atoms with Crippen LogP contribution in [0, 0.1) is 13.8 Å². The van der Waals surface area contributed by atoms with Gasteiger partial charge in [-0.25, -0.2) is 14.6 Å². The normalized spacial score (nSPS) is 10.6. The molecule has 0 aromatic carbocycles. The molecular weight excluding hydrogens is 214 g/mol. The quantitative estimate of drug-likeness (QED) is 0.876. The van der Waals surface area contributed by atoms with Crippen molar-refractivity contribution in [1.29, 1.82) is 0 Å². The summed E-state index contributed by atoms with van der Waals surface area (Å²) in [5.74, 6) is 2.53. The Balaban J connectivity index is 2.59. The van der Waals surface area contributed by atoms with Gasteiger partial charge in [-0.1, -0.05) is 6.92 Å². The fourth-order valence-electron chi connectivity index (χ4n) is 1.70. The number of nitrogens with one attached hydrogen (secondary N) is 1. The molecule has 1 N–H and O–H groups in total. The third-order valence-corrected chi connectivity index (χ3v) is 2.65. The van der Waals surface area contributed by atoms with Crippen LogP contribution in [-0.2, 0) is 6.42 Å². The summed E-state index contributed by atoms with van der Waals surface area (Å²) in [5.41, 5.74) is 2.12. The minimum absolute atomic E-state index is 0.808. The van der Waals surface area contributed by atoms with Gasteiger partial charge in [0.25, 0.3) is 0 Å². The lowest BCUT2D eigenvalue weighted by atomic mass is 10.3. The number of hydrogen-bond acceptors (Lipinski definition) is 4. The average Bonchev–Trinajstić information content (AvgIpc) is 2.76. The molecule has 0 amide bonds. The molecule has 2 heterocycles. The molecule has 0 radical (unpaired) electrons. The lowest BCUT2D eigenvalue weighted by Gasteiger charge is -2.11. The second kappa shape index (κ2) is 4.53. The predicted molar refractivity (Wildman–Crippen MR) is 67.6 cm³/mol. The zero-order valence-corrected chi connectivity index (χ0v) is 10.7. The van der Waals surface area contributed by atoms with Crippen molar-refractivity contribution in [2.24, 2.45) is 0 Å². The van der Waals surface area contributed by atoms with E-state index in [2.05, 4.69) is 20.4 Å². The zero-order chi connectivity index (χ0) is 12.4. The van der Waals surface area contributed by atoms with Crippen LogP contribution in [-0.4, -0.2) is 26.8 Å². The van der Waals surface area contributed by atoms with Gasteiger partial charge in [-0.3, -0.25) is 0 Å². The number of hydrogen-bond donors (Lipinski definition) is 1. The maximum Gasteiger partial charge on any atom is 0.162 e. The van der Waals surface area contributed by atoms with Gasteiger partial charge >= 0.3 is 0 Å². The Morgan fingerprint density at radius 2 is 2.06 bits per heavy atom. The molecule has 0 saturated carbocycles. The molecule has 5 nitrogen and oxygen atoms in total. The van der Waals surface area contributed by atoms with E-state index in [0.29, 0.717) is 0 Å². The Morgan fingerprint density at radius 1 is 1.29 bits per heavy atom. The molecule has 0 spiro atoms.